The maximum absolute atomic E-state index is 8.88. The minimum Gasteiger partial charge on any atom is -0.303 e. The van der Waals surface area contributed by atoms with Crippen LogP contribution in [0.1, 0.15) is 0 Å². The van der Waals surface area contributed by atoms with Crippen LogP contribution in [-0.2, 0) is 9.13 Å². The molecule has 0 aromatic carbocycles. The van der Waals surface area contributed by atoms with E-state index < -0.39 is 15.6 Å². The van der Waals surface area contributed by atoms with Crippen molar-refractivity contribution < 1.29 is 38.5 Å². The van der Waals surface area contributed by atoms with Gasteiger partial charge in [-0.25, -0.2) is 9.13 Å². The molecule has 10 N–H and O–H groups in total. The van der Waals surface area contributed by atoms with Crippen LogP contribution in [0.4, 0.5) is 0 Å². The zero-order valence-electron chi connectivity index (χ0n) is 5.55. The van der Waals surface area contributed by atoms with Crippen molar-refractivity contribution in [3.8, 4) is 0 Å². The normalized spacial score (nSPS) is 10.3. The molecule has 0 rings (SSSR count). The highest BCUT2D eigenvalue weighted by molar-refractivity contribution is 7.45. The van der Waals surface area contributed by atoms with Crippen molar-refractivity contribution in [2.45, 2.75) is 0 Å². The van der Waals surface area contributed by atoms with Gasteiger partial charge in [-0.3, -0.25) is 11.7 Å². The summed E-state index contributed by atoms with van der Waals surface area (Å²) in [7, 11) is -9.28. The number of phosphoric acid groups is 2. The molecule has 0 saturated heterocycles. The maximum atomic E-state index is 8.88. The quantitative estimate of drug-likeness (QED) is 0.119. The summed E-state index contributed by atoms with van der Waals surface area (Å²) in [6.45, 7) is 0. The third-order valence-electron chi connectivity index (χ3n) is 0. The third kappa shape index (κ3) is 43200. The lowest BCUT2D eigenvalue weighted by atomic mass is 13.0. The Kier molecular flexibility index (Phi) is 11.7. The first-order valence-electron chi connectivity index (χ1n) is 1.90. The minimum absolute atomic E-state index is 4.00. The highest BCUT2D eigenvalue weighted by Crippen LogP contribution is 2.26. The summed E-state index contributed by atoms with van der Waals surface area (Å²) in [5.41, 5.74) is 0. The van der Waals surface area contributed by atoms with E-state index in [4.69, 9.17) is 38.5 Å². The SMILES string of the molecule is NN.O=P(O)(O)O.O=P(O)(O)O. The van der Waals surface area contributed by atoms with Crippen molar-refractivity contribution in [3.05, 3.63) is 0 Å². The van der Waals surface area contributed by atoms with Crippen molar-refractivity contribution in [1.29, 1.82) is 0 Å². The first kappa shape index (κ1) is 18.0. The van der Waals surface area contributed by atoms with Gasteiger partial charge in [0.05, 0.1) is 0 Å². The Morgan fingerprint density at radius 2 is 0.667 bits per heavy atom. The average molecular weight is 228 g/mol. The van der Waals surface area contributed by atoms with E-state index in [-0.39, 0.29) is 0 Å². The van der Waals surface area contributed by atoms with Gasteiger partial charge in [0.1, 0.15) is 0 Å². The molecule has 0 amide bonds. The van der Waals surface area contributed by atoms with Gasteiger partial charge in [0, 0.05) is 0 Å². The summed E-state index contributed by atoms with van der Waals surface area (Å²) in [6.07, 6.45) is 0. The fourth-order valence-electron chi connectivity index (χ4n) is 0. The number of nitrogens with two attached hydrogens (primary N) is 2. The second-order valence-corrected chi connectivity index (χ2v) is 3.08. The van der Waals surface area contributed by atoms with Crippen molar-refractivity contribution in [3.63, 3.8) is 0 Å². The van der Waals surface area contributed by atoms with Crippen LogP contribution in [-0.4, -0.2) is 29.4 Å². The molecule has 0 aliphatic rings. The molecule has 0 aliphatic heterocycles. The molecule has 0 atom stereocenters. The van der Waals surface area contributed by atoms with E-state index in [1.165, 1.54) is 0 Å². The van der Waals surface area contributed by atoms with Crippen LogP contribution in [0, 0.1) is 0 Å². The van der Waals surface area contributed by atoms with Crippen molar-refractivity contribution >= 4 is 15.6 Å². The molecule has 0 spiro atoms. The fraction of sp³-hybridized carbons (Fsp3) is 0. The van der Waals surface area contributed by atoms with Gasteiger partial charge in [0.15, 0.2) is 0 Å². The van der Waals surface area contributed by atoms with E-state index in [0.717, 1.165) is 0 Å². The largest absolute Gasteiger partial charge is 0.466 e. The van der Waals surface area contributed by atoms with E-state index in [9.17, 15) is 0 Å². The molecular formula is H10N2O8P2. The van der Waals surface area contributed by atoms with Gasteiger partial charge in [-0.2, -0.15) is 0 Å². The van der Waals surface area contributed by atoms with Crippen LogP contribution in [0.5, 0.6) is 0 Å². The highest BCUT2D eigenvalue weighted by atomic mass is 31.2. The molecule has 0 aromatic rings. The second-order valence-electron chi connectivity index (χ2n) is 1.03. The molecule has 78 valence electrons. The van der Waals surface area contributed by atoms with Gasteiger partial charge in [-0.15, -0.1) is 0 Å². The van der Waals surface area contributed by atoms with Gasteiger partial charge in [-0.05, 0) is 0 Å². The van der Waals surface area contributed by atoms with Gasteiger partial charge >= 0.3 is 15.6 Å². The summed E-state index contributed by atoms with van der Waals surface area (Å²) < 4.78 is 17.8. The van der Waals surface area contributed by atoms with E-state index in [0.29, 0.717) is 0 Å². The zero-order chi connectivity index (χ0) is 11.0. The molecule has 10 nitrogen and oxygen atoms in total. The summed E-state index contributed by atoms with van der Waals surface area (Å²) in [6, 6.07) is 0. The molecule has 0 aromatic heterocycles. The molecule has 12 heteroatoms. The van der Waals surface area contributed by atoms with Gasteiger partial charge in [-0.1, -0.05) is 0 Å². The third-order valence-corrected chi connectivity index (χ3v) is 0. The lowest BCUT2D eigenvalue weighted by molar-refractivity contribution is 0.272. The Hall–Kier alpha value is 0.140. The highest BCUT2D eigenvalue weighted by Gasteiger charge is 2.00. The number of hydrogen-bond donors (Lipinski definition) is 8. The van der Waals surface area contributed by atoms with Crippen molar-refractivity contribution in [2.75, 3.05) is 0 Å². The Bertz CT molecular complexity index is 127. The van der Waals surface area contributed by atoms with E-state index in [1.807, 2.05) is 0 Å². The molecule has 0 heterocycles. The minimum atomic E-state index is -4.64. The lowest BCUT2D eigenvalue weighted by Crippen LogP contribution is -2.02. The van der Waals surface area contributed by atoms with E-state index >= 15 is 0 Å². The molecule has 0 radical (unpaired) electrons. The lowest BCUT2D eigenvalue weighted by Gasteiger charge is -1.82. The number of hydrazine groups is 1. The number of rotatable bonds is 0. The topological polar surface area (TPSA) is 208 Å². The monoisotopic (exact) mass is 228 g/mol. The summed E-state index contributed by atoms with van der Waals surface area (Å²) >= 11 is 0. The Morgan fingerprint density at radius 3 is 0.667 bits per heavy atom. The van der Waals surface area contributed by atoms with Crippen molar-refractivity contribution in [1.82, 2.24) is 0 Å². The number of hydrogen-bond acceptors (Lipinski definition) is 4. The standard InChI is InChI=1S/H4N2.2H3O4P/c1-2;2*1-5(2,3)4/h1-2H2;2*(H3,1,2,3,4). The Balaban J connectivity index is -0.000000112. The Labute approximate surface area is 66.9 Å². The predicted octanol–water partition coefficient (Wildman–Crippen LogP) is -3.04. The van der Waals surface area contributed by atoms with Crippen LogP contribution in [0.2, 0.25) is 0 Å². The van der Waals surface area contributed by atoms with Crippen LogP contribution in [0.25, 0.3) is 0 Å². The van der Waals surface area contributed by atoms with E-state index in [2.05, 4.69) is 11.7 Å². The molecule has 0 aliphatic carbocycles. The predicted molar refractivity (Wildman–Crippen MR) is 36.9 cm³/mol. The molecule has 0 bridgehead atoms. The summed E-state index contributed by atoms with van der Waals surface area (Å²) in [5.74, 6) is 8.00. The van der Waals surface area contributed by atoms with Crippen LogP contribution < -0.4 is 11.7 Å². The molecule has 0 fully saturated rings. The molecule has 12 heavy (non-hydrogen) atoms. The molecular weight excluding hydrogens is 218 g/mol. The van der Waals surface area contributed by atoms with Crippen molar-refractivity contribution in [2.24, 2.45) is 11.7 Å². The fourth-order valence-corrected chi connectivity index (χ4v) is 0. The van der Waals surface area contributed by atoms with Crippen LogP contribution >= 0.6 is 15.6 Å². The zero-order valence-corrected chi connectivity index (χ0v) is 7.34. The molecule has 0 unspecified atom stereocenters. The van der Waals surface area contributed by atoms with Gasteiger partial charge in [0.25, 0.3) is 0 Å². The van der Waals surface area contributed by atoms with E-state index in [1.54, 1.807) is 0 Å². The van der Waals surface area contributed by atoms with Gasteiger partial charge in [0.2, 0.25) is 0 Å². The Morgan fingerprint density at radius 1 is 0.667 bits per heavy atom. The second kappa shape index (κ2) is 7.77. The van der Waals surface area contributed by atoms with Crippen LogP contribution in [0.3, 0.4) is 0 Å². The maximum Gasteiger partial charge on any atom is 0.466 e. The van der Waals surface area contributed by atoms with Crippen LogP contribution in [0.15, 0.2) is 0 Å². The first-order valence-corrected chi connectivity index (χ1v) is 5.03. The average Bonchev–Trinajstić information content (AvgIpc) is 1.59. The first-order chi connectivity index (χ1) is 5.00. The van der Waals surface area contributed by atoms with Gasteiger partial charge < -0.3 is 29.4 Å². The smallest absolute Gasteiger partial charge is 0.303 e. The summed E-state index contributed by atoms with van der Waals surface area (Å²) in [4.78, 5) is 43.1. The molecule has 0 saturated carbocycles. The summed E-state index contributed by atoms with van der Waals surface area (Å²) in [5, 5.41) is 0.